The fourth-order valence-corrected chi connectivity index (χ4v) is 2.70. The van der Waals surface area contributed by atoms with Crippen molar-refractivity contribution in [3.8, 4) is 0 Å². The number of hydrogen-bond acceptors (Lipinski definition) is 4. The number of rotatable bonds is 2. The predicted molar refractivity (Wildman–Crippen MR) is 77.0 cm³/mol. The van der Waals surface area contributed by atoms with Crippen molar-refractivity contribution in [2.75, 3.05) is 11.4 Å². The van der Waals surface area contributed by atoms with Crippen molar-refractivity contribution in [3.63, 3.8) is 0 Å². The maximum Gasteiger partial charge on any atom is 0.172 e. The third-order valence-electron chi connectivity index (χ3n) is 3.68. The molecule has 0 fully saturated rings. The molecule has 0 bridgehead atoms. The number of aryl methyl sites for hydroxylation is 1. The molecule has 0 saturated carbocycles. The van der Waals surface area contributed by atoms with Crippen molar-refractivity contribution < 1.29 is 5.21 Å². The lowest BCUT2D eigenvalue weighted by Gasteiger charge is -2.32. The van der Waals surface area contributed by atoms with Gasteiger partial charge in [0.2, 0.25) is 0 Å². The number of oxime groups is 1. The first-order valence-electron chi connectivity index (χ1n) is 6.53. The van der Waals surface area contributed by atoms with Gasteiger partial charge in [-0.15, -0.1) is 0 Å². The van der Waals surface area contributed by atoms with Crippen molar-refractivity contribution in [1.29, 1.82) is 0 Å². The van der Waals surface area contributed by atoms with Crippen LogP contribution in [-0.4, -0.2) is 27.1 Å². The molecule has 6 nitrogen and oxygen atoms in total. The van der Waals surface area contributed by atoms with Crippen LogP contribution in [0.4, 0.5) is 5.69 Å². The summed E-state index contributed by atoms with van der Waals surface area (Å²) in [6.07, 6.45) is 3.82. The molecular weight excluding hydrogens is 254 g/mol. The number of aromatic nitrogens is 2. The average Bonchev–Trinajstić information content (AvgIpc) is 2.93. The molecule has 0 atom stereocenters. The minimum atomic E-state index is 0.137. The van der Waals surface area contributed by atoms with Crippen LogP contribution in [0.15, 0.2) is 35.7 Å². The Balaban J connectivity index is 2.03. The Hall–Kier alpha value is -2.50. The number of nitrogens with zero attached hydrogens (tertiary/aromatic N) is 4. The lowest BCUT2D eigenvalue weighted by Crippen LogP contribution is -2.35. The van der Waals surface area contributed by atoms with Gasteiger partial charge in [-0.05, 0) is 18.6 Å². The smallest absolute Gasteiger partial charge is 0.172 e. The summed E-state index contributed by atoms with van der Waals surface area (Å²) >= 11 is 0. The zero-order valence-corrected chi connectivity index (χ0v) is 11.3. The number of imidazole rings is 1. The van der Waals surface area contributed by atoms with E-state index in [4.69, 9.17) is 10.9 Å². The number of para-hydroxylation sites is 1. The molecule has 1 aromatic carbocycles. The van der Waals surface area contributed by atoms with Crippen LogP contribution in [0.2, 0.25) is 0 Å². The molecule has 1 aromatic heterocycles. The molecule has 104 valence electrons. The van der Waals surface area contributed by atoms with Gasteiger partial charge in [0.05, 0.1) is 12.2 Å². The number of hydrogen-bond donors (Lipinski definition) is 2. The van der Waals surface area contributed by atoms with Gasteiger partial charge in [0.25, 0.3) is 0 Å². The number of benzene rings is 1. The first kappa shape index (κ1) is 12.5. The number of anilines is 1. The summed E-state index contributed by atoms with van der Waals surface area (Å²) < 4.78 is 2.15. The van der Waals surface area contributed by atoms with E-state index in [1.165, 1.54) is 0 Å². The van der Waals surface area contributed by atoms with Crippen LogP contribution < -0.4 is 10.6 Å². The lowest BCUT2D eigenvalue weighted by atomic mass is 10.1. The van der Waals surface area contributed by atoms with Crippen molar-refractivity contribution in [2.45, 2.75) is 20.0 Å². The molecule has 0 spiro atoms. The minimum Gasteiger partial charge on any atom is -0.409 e. The fraction of sp³-hybridized carbons (Fsp3) is 0.286. The summed E-state index contributed by atoms with van der Waals surface area (Å²) in [6.45, 7) is 4.52. The Kier molecular flexibility index (Phi) is 3.06. The second kappa shape index (κ2) is 4.88. The van der Waals surface area contributed by atoms with E-state index in [-0.39, 0.29) is 5.84 Å². The first-order chi connectivity index (χ1) is 9.70. The summed E-state index contributed by atoms with van der Waals surface area (Å²) in [7, 11) is 0. The van der Waals surface area contributed by atoms with Crippen molar-refractivity contribution in [3.05, 3.63) is 47.5 Å². The molecule has 1 aliphatic rings. The first-order valence-corrected chi connectivity index (χ1v) is 6.53. The summed E-state index contributed by atoms with van der Waals surface area (Å²) in [5.74, 6) is 1.17. The van der Waals surface area contributed by atoms with Crippen molar-refractivity contribution in [2.24, 2.45) is 10.9 Å². The summed E-state index contributed by atoms with van der Waals surface area (Å²) in [6, 6.07) is 5.82. The van der Waals surface area contributed by atoms with E-state index in [9.17, 15) is 0 Å². The van der Waals surface area contributed by atoms with Crippen LogP contribution in [0.3, 0.4) is 0 Å². The Labute approximate surface area is 117 Å². The second-order valence-electron chi connectivity index (χ2n) is 4.91. The third kappa shape index (κ3) is 1.99. The zero-order valence-electron chi connectivity index (χ0n) is 11.3. The zero-order chi connectivity index (χ0) is 14.1. The van der Waals surface area contributed by atoms with Crippen LogP contribution in [0.25, 0.3) is 0 Å². The highest BCUT2D eigenvalue weighted by Gasteiger charge is 2.21. The van der Waals surface area contributed by atoms with E-state index in [1.807, 2.05) is 37.5 Å². The highest BCUT2D eigenvalue weighted by molar-refractivity contribution is 6.02. The molecule has 0 saturated heterocycles. The molecule has 20 heavy (non-hydrogen) atoms. The summed E-state index contributed by atoms with van der Waals surface area (Å²) in [5, 5.41) is 12.1. The Bertz CT molecular complexity index is 661. The van der Waals surface area contributed by atoms with Gasteiger partial charge in [0.1, 0.15) is 5.82 Å². The standard InChI is InChI=1S/C14H17N5O/c1-10-3-2-4-11(14(15)17-20)13(10)19-8-7-18-6-5-16-12(18)9-19/h2-6,20H,7-9H2,1H3,(H2,15,17). The quantitative estimate of drug-likeness (QED) is 0.373. The maximum absolute atomic E-state index is 8.95. The molecule has 0 unspecified atom stereocenters. The largest absolute Gasteiger partial charge is 0.409 e. The molecule has 0 aliphatic carbocycles. The molecule has 3 N–H and O–H groups in total. The van der Waals surface area contributed by atoms with Gasteiger partial charge in [-0.1, -0.05) is 17.3 Å². The minimum absolute atomic E-state index is 0.137. The normalized spacial score (nSPS) is 15.2. The molecule has 2 aromatic rings. The van der Waals surface area contributed by atoms with Gasteiger partial charge in [-0.3, -0.25) is 0 Å². The molecule has 6 heteroatoms. The number of nitrogens with two attached hydrogens (primary N) is 1. The van der Waals surface area contributed by atoms with Crippen LogP contribution >= 0.6 is 0 Å². The average molecular weight is 271 g/mol. The van der Waals surface area contributed by atoms with Crippen LogP contribution in [0.1, 0.15) is 17.0 Å². The topological polar surface area (TPSA) is 79.7 Å². The van der Waals surface area contributed by atoms with Gasteiger partial charge in [-0.2, -0.15) is 0 Å². The van der Waals surface area contributed by atoms with E-state index in [2.05, 4.69) is 19.6 Å². The molecule has 2 heterocycles. The van der Waals surface area contributed by atoms with Crippen molar-refractivity contribution >= 4 is 11.5 Å². The van der Waals surface area contributed by atoms with Crippen LogP contribution in [0.5, 0.6) is 0 Å². The van der Waals surface area contributed by atoms with E-state index in [0.717, 1.165) is 42.3 Å². The monoisotopic (exact) mass is 271 g/mol. The van der Waals surface area contributed by atoms with Crippen molar-refractivity contribution in [1.82, 2.24) is 9.55 Å². The predicted octanol–water partition coefficient (Wildman–Crippen LogP) is 1.31. The Morgan fingerprint density at radius 2 is 2.25 bits per heavy atom. The molecule has 0 radical (unpaired) electrons. The Morgan fingerprint density at radius 3 is 3.05 bits per heavy atom. The summed E-state index contributed by atoms with van der Waals surface area (Å²) in [4.78, 5) is 6.59. The fourth-order valence-electron chi connectivity index (χ4n) is 2.70. The Morgan fingerprint density at radius 1 is 1.40 bits per heavy atom. The van der Waals surface area contributed by atoms with Gasteiger partial charge in [0.15, 0.2) is 5.84 Å². The summed E-state index contributed by atoms with van der Waals surface area (Å²) in [5.41, 5.74) is 8.67. The highest BCUT2D eigenvalue weighted by Crippen LogP contribution is 2.28. The molecule has 0 amide bonds. The highest BCUT2D eigenvalue weighted by atomic mass is 16.4. The van der Waals surface area contributed by atoms with Crippen LogP contribution in [-0.2, 0) is 13.1 Å². The van der Waals surface area contributed by atoms with Gasteiger partial charge in [-0.25, -0.2) is 4.98 Å². The van der Waals surface area contributed by atoms with E-state index < -0.39 is 0 Å². The van der Waals surface area contributed by atoms with E-state index in [0.29, 0.717) is 0 Å². The van der Waals surface area contributed by atoms with Gasteiger partial charge < -0.3 is 20.4 Å². The third-order valence-corrected chi connectivity index (χ3v) is 3.68. The van der Waals surface area contributed by atoms with Gasteiger partial charge >= 0.3 is 0 Å². The van der Waals surface area contributed by atoms with E-state index in [1.54, 1.807) is 0 Å². The maximum atomic E-state index is 8.95. The SMILES string of the molecule is Cc1cccc(/C(N)=N/O)c1N1CCn2ccnc2C1. The van der Waals surface area contributed by atoms with E-state index >= 15 is 0 Å². The number of fused-ring (bicyclic) bond motifs is 1. The second-order valence-corrected chi connectivity index (χ2v) is 4.91. The lowest BCUT2D eigenvalue weighted by molar-refractivity contribution is 0.318. The number of amidine groups is 1. The van der Waals surface area contributed by atoms with Gasteiger partial charge in [0, 0.05) is 31.0 Å². The van der Waals surface area contributed by atoms with Crippen LogP contribution in [0, 0.1) is 6.92 Å². The molecule has 1 aliphatic heterocycles. The molecule has 3 rings (SSSR count). The molecular formula is C14H17N5O.